The first-order valence-corrected chi connectivity index (χ1v) is 8.82. The molecule has 0 amide bonds. The van der Waals surface area contributed by atoms with Crippen LogP contribution in [0.4, 0.5) is 4.39 Å². The fraction of sp³-hybridized carbons (Fsp3) is 0.579. The number of hydrogen-bond acceptors (Lipinski definition) is 4. The smallest absolute Gasteiger partial charge is 0.306 e. The van der Waals surface area contributed by atoms with E-state index in [0.717, 1.165) is 12.8 Å². The molecule has 6 heteroatoms. The Morgan fingerprint density at radius 3 is 2.84 bits per heavy atom. The Hall–Kier alpha value is -1.37. The summed E-state index contributed by atoms with van der Waals surface area (Å²) in [4.78, 5) is 0. The molecule has 3 N–H and O–H groups in total. The zero-order chi connectivity index (χ0) is 18.2. The predicted octanol–water partition coefficient (Wildman–Crippen LogP) is 3.42. The van der Waals surface area contributed by atoms with Crippen LogP contribution in [0.25, 0.3) is 0 Å². The van der Waals surface area contributed by atoms with E-state index >= 15 is 0 Å². The summed E-state index contributed by atoms with van der Waals surface area (Å²) in [6.07, 6.45) is 3.59. The summed E-state index contributed by atoms with van der Waals surface area (Å²) in [6, 6.07) is 4.70. The Bertz CT molecular complexity index is 687. The molecule has 1 fully saturated rings. The molecular formula is C19H26BFNO3. The van der Waals surface area contributed by atoms with Gasteiger partial charge in [-0.15, -0.1) is 0 Å². The Morgan fingerprint density at radius 2 is 2.20 bits per heavy atom. The van der Waals surface area contributed by atoms with Crippen LogP contribution in [0.5, 0.6) is 5.75 Å². The van der Waals surface area contributed by atoms with Gasteiger partial charge in [-0.3, -0.25) is 5.73 Å². The molecule has 0 bridgehead atoms. The van der Waals surface area contributed by atoms with Gasteiger partial charge >= 0.3 is 7.48 Å². The molecule has 0 aromatic heterocycles. The van der Waals surface area contributed by atoms with Gasteiger partial charge in [0.25, 0.3) is 0 Å². The summed E-state index contributed by atoms with van der Waals surface area (Å²) < 4.78 is 25.2. The largest absolute Gasteiger partial charge is 0.489 e. The molecule has 1 aliphatic heterocycles. The lowest BCUT2D eigenvalue weighted by Gasteiger charge is -2.34. The van der Waals surface area contributed by atoms with Gasteiger partial charge in [0.1, 0.15) is 18.2 Å². The third kappa shape index (κ3) is 4.07. The topological polar surface area (TPSA) is 64.7 Å². The summed E-state index contributed by atoms with van der Waals surface area (Å²) in [5.41, 5.74) is 8.82. The lowest BCUT2D eigenvalue weighted by atomic mass is 9.73. The quantitative estimate of drug-likeness (QED) is 0.498. The van der Waals surface area contributed by atoms with E-state index in [4.69, 9.17) is 15.1 Å². The summed E-state index contributed by atoms with van der Waals surface area (Å²) in [6.45, 7) is 7.17. The Morgan fingerprint density at radius 1 is 1.44 bits per heavy atom. The fourth-order valence-electron chi connectivity index (χ4n) is 3.84. The second-order valence-electron chi connectivity index (χ2n) is 7.88. The zero-order valence-corrected chi connectivity index (χ0v) is 15.1. The minimum Gasteiger partial charge on any atom is -0.489 e. The van der Waals surface area contributed by atoms with Crippen LogP contribution in [0.1, 0.15) is 57.8 Å². The molecule has 1 heterocycles. The van der Waals surface area contributed by atoms with Crippen LogP contribution in [-0.4, -0.2) is 25.1 Å². The summed E-state index contributed by atoms with van der Waals surface area (Å²) in [5.74, 6) is -1.88. The van der Waals surface area contributed by atoms with E-state index < -0.39 is 11.7 Å². The van der Waals surface area contributed by atoms with Crippen LogP contribution >= 0.6 is 0 Å². The van der Waals surface area contributed by atoms with E-state index in [0.29, 0.717) is 17.9 Å². The molecule has 2 atom stereocenters. The molecule has 1 aromatic rings. The number of aliphatic hydroxyl groups is 1. The molecule has 135 valence electrons. The van der Waals surface area contributed by atoms with Gasteiger partial charge in [-0.25, -0.2) is 4.39 Å². The maximum atomic E-state index is 14.2. The molecule has 2 aliphatic rings. The molecule has 1 saturated heterocycles. The van der Waals surface area contributed by atoms with Crippen molar-refractivity contribution in [1.29, 1.82) is 0 Å². The van der Waals surface area contributed by atoms with E-state index in [-0.39, 0.29) is 17.7 Å². The van der Waals surface area contributed by atoms with Gasteiger partial charge in [-0.05, 0) is 66.8 Å². The Balaban J connectivity index is 1.75. The van der Waals surface area contributed by atoms with Crippen molar-refractivity contribution in [2.75, 3.05) is 6.61 Å². The number of benzene rings is 1. The number of hydrogen-bond donors (Lipinski definition) is 2. The molecule has 0 saturated carbocycles. The number of rotatable bonds is 4. The zero-order valence-electron chi connectivity index (χ0n) is 15.1. The highest BCUT2D eigenvalue weighted by Gasteiger charge is 2.38. The van der Waals surface area contributed by atoms with Crippen molar-refractivity contribution in [3.05, 3.63) is 40.7 Å². The molecule has 1 aliphatic carbocycles. The van der Waals surface area contributed by atoms with E-state index in [1.54, 1.807) is 12.1 Å². The SMILES string of the molecule is CC1=C(COc2ccc(F)c(C3[B]OC(N)(O)C3)c2)C(C)(C)CCC1. The van der Waals surface area contributed by atoms with Gasteiger partial charge in [0.05, 0.1) is 0 Å². The summed E-state index contributed by atoms with van der Waals surface area (Å²) >= 11 is 0. The van der Waals surface area contributed by atoms with Gasteiger partial charge in [0.2, 0.25) is 5.91 Å². The number of allylic oxidation sites excluding steroid dienone is 1. The first-order valence-electron chi connectivity index (χ1n) is 8.82. The van der Waals surface area contributed by atoms with Crippen LogP contribution in [0.2, 0.25) is 0 Å². The molecule has 2 unspecified atom stereocenters. The van der Waals surface area contributed by atoms with E-state index in [1.165, 1.54) is 31.1 Å². The molecule has 25 heavy (non-hydrogen) atoms. The summed E-state index contributed by atoms with van der Waals surface area (Å²) in [7, 11) is 1.39. The van der Waals surface area contributed by atoms with Crippen LogP contribution in [0.15, 0.2) is 29.3 Å². The molecule has 0 spiro atoms. The van der Waals surface area contributed by atoms with Gasteiger partial charge in [-0.1, -0.05) is 19.4 Å². The van der Waals surface area contributed by atoms with Crippen LogP contribution in [0, 0.1) is 11.2 Å². The monoisotopic (exact) mass is 346 g/mol. The van der Waals surface area contributed by atoms with Crippen molar-refractivity contribution in [2.45, 2.75) is 58.2 Å². The maximum absolute atomic E-state index is 14.2. The first kappa shape index (κ1) is 18.4. The number of nitrogens with two attached hydrogens (primary N) is 1. The van der Waals surface area contributed by atoms with Gasteiger partial charge in [0, 0.05) is 6.42 Å². The van der Waals surface area contributed by atoms with E-state index in [9.17, 15) is 9.50 Å². The van der Waals surface area contributed by atoms with Crippen molar-refractivity contribution < 1.29 is 18.9 Å². The predicted molar refractivity (Wildman–Crippen MR) is 95.6 cm³/mol. The number of ether oxygens (including phenoxy) is 1. The lowest BCUT2D eigenvalue weighted by molar-refractivity contribution is -0.119. The highest BCUT2D eigenvalue weighted by Crippen LogP contribution is 2.40. The minimum atomic E-state index is -1.73. The van der Waals surface area contributed by atoms with Crippen molar-refractivity contribution >= 4 is 7.48 Å². The van der Waals surface area contributed by atoms with E-state index in [1.807, 2.05) is 0 Å². The third-order valence-corrected chi connectivity index (χ3v) is 5.38. The molecule has 4 nitrogen and oxygen atoms in total. The van der Waals surface area contributed by atoms with Gasteiger partial charge < -0.3 is 14.5 Å². The van der Waals surface area contributed by atoms with Crippen LogP contribution < -0.4 is 10.5 Å². The molecule has 1 aromatic carbocycles. The van der Waals surface area contributed by atoms with Crippen LogP contribution in [0.3, 0.4) is 0 Å². The molecule has 1 radical (unpaired) electrons. The van der Waals surface area contributed by atoms with Crippen molar-refractivity contribution in [3.8, 4) is 5.75 Å². The highest BCUT2D eigenvalue weighted by molar-refractivity contribution is 6.31. The number of halogens is 1. The average molecular weight is 346 g/mol. The van der Waals surface area contributed by atoms with Gasteiger partial charge in [-0.2, -0.15) is 0 Å². The fourth-order valence-corrected chi connectivity index (χ4v) is 3.84. The standard InChI is InChI=1S/C19H26BFNO3/c1-12-5-4-8-18(2,3)15(12)11-24-13-6-7-17(21)14(9-13)16-10-19(22,23)25-20-16/h6-7,9,16,23H,4-5,8,10-11,22H2,1-3H3. The van der Waals surface area contributed by atoms with Crippen molar-refractivity contribution in [2.24, 2.45) is 11.1 Å². The molecular weight excluding hydrogens is 320 g/mol. The third-order valence-electron chi connectivity index (χ3n) is 5.38. The molecule has 3 rings (SSSR count). The Labute approximate surface area is 149 Å². The van der Waals surface area contributed by atoms with Crippen molar-refractivity contribution in [1.82, 2.24) is 0 Å². The lowest BCUT2D eigenvalue weighted by Crippen LogP contribution is -2.38. The van der Waals surface area contributed by atoms with Crippen LogP contribution in [-0.2, 0) is 4.65 Å². The second-order valence-corrected chi connectivity index (χ2v) is 7.88. The maximum Gasteiger partial charge on any atom is 0.306 e. The van der Waals surface area contributed by atoms with Crippen molar-refractivity contribution in [3.63, 3.8) is 0 Å². The normalized spacial score (nSPS) is 28.8. The Kier molecular flexibility index (Phi) is 4.97. The van der Waals surface area contributed by atoms with E-state index in [2.05, 4.69) is 20.8 Å². The van der Waals surface area contributed by atoms with Gasteiger partial charge in [0.15, 0.2) is 0 Å². The minimum absolute atomic E-state index is 0.116. The first-order chi connectivity index (χ1) is 11.7. The summed E-state index contributed by atoms with van der Waals surface area (Å²) in [5, 5.41) is 9.71. The highest BCUT2D eigenvalue weighted by atomic mass is 19.1. The second kappa shape index (κ2) is 6.74. The average Bonchev–Trinajstić information content (AvgIpc) is 2.87.